The lowest BCUT2D eigenvalue weighted by Gasteiger charge is -2.27. The average molecular weight is 217 g/mol. The molecule has 1 saturated heterocycles. The normalized spacial score (nSPS) is 33.4. The molecule has 1 aliphatic carbocycles. The molecule has 0 amide bonds. The van der Waals surface area contributed by atoms with E-state index in [2.05, 4.69) is 35.2 Å². The number of aliphatic hydroxyl groups excluding tert-OH is 1. The zero-order chi connectivity index (χ0) is 11.0. The van der Waals surface area contributed by atoms with Crippen LogP contribution in [-0.2, 0) is 6.54 Å². The van der Waals surface area contributed by atoms with Crippen molar-refractivity contribution >= 4 is 0 Å². The van der Waals surface area contributed by atoms with Crippen LogP contribution in [0.25, 0.3) is 0 Å². The van der Waals surface area contributed by atoms with Crippen molar-refractivity contribution in [1.29, 1.82) is 0 Å². The van der Waals surface area contributed by atoms with Gasteiger partial charge in [0.25, 0.3) is 0 Å². The summed E-state index contributed by atoms with van der Waals surface area (Å²) in [6, 6.07) is 11.3. The molecule has 2 fully saturated rings. The van der Waals surface area contributed by atoms with Crippen molar-refractivity contribution in [2.75, 3.05) is 13.2 Å². The molecule has 0 spiro atoms. The van der Waals surface area contributed by atoms with Crippen molar-refractivity contribution in [3.8, 4) is 0 Å². The number of piperidine rings is 1. The van der Waals surface area contributed by atoms with E-state index in [4.69, 9.17) is 0 Å². The minimum Gasteiger partial charge on any atom is -0.396 e. The zero-order valence-corrected chi connectivity index (χ0v) is 9.55. The van der Waals surface area contributed by atoms with Crippen molar-refractivity contribution in [3.63, 3.8) is 0 Å². The summed E-state index contributed by atoms with van der Waals surface area (Å²) in [5, 5.41) is 9.40. The standard InChI is InChI=1S/C14H19NO/c16-10-13-12-6-7-14(13)15(9-12)8-11-4-2-1-3-5-11/h1-5,12-14,16H,6-10H2/t12-,13?,14-/m0/s1. The fourth-order valence-electron chi connectivity index (χ4n) is 3.51. The summed E-state index contributed by atoms with van der Waals surface area (Å²) in [5.74, 6) is 1.29. The highest BCUT2D eigenvalue weighted by atomic mass is 16.3. The largest absolute Gasteiger partial charge is 0.396 e. The molecule has 2 nitrogen and oxygen atoms in total. The van der Waals surface area contributed by atoms with Gasteiger partial charge in [0.05, 0.1) is 0 Å². The van der Waals surface area contributed by atoms with Crippen LogP contribution in [0.15, 0.2) is 30.3 Å². The second-order valence-corrected chi connectivity index (χ2v) is 5.17. The van der Waals surface area contributed by atoms with Gasteiger partial charge in [-0.05, 0) is 24.3 Å². The van der Waals surface area contributed by atoms with Gasteiger partial charge in [-0.25, -0.2) is 0 Å². The first-order valence-corrected chi connectivity index (χ1v) is 6.27. The molecule has 1 aromatic carbocycles. The highest BCUT2D eigenvalue weighted by Gasteiger charge is 2.45. The van der Waals surface area contributed by atoms with Gasteiger partial charge in [-0.15, -0.1) is 0 Å². The average Bonchev–Trinajstić information content (AvgIpc) is 2.86. The Morgan fingerprint density at radius 2 is 2.00 bits per heavy atom. The zero-order valence-electron chi connectivity index (χ0n) is 9.55. The third kappa shape index (κ3) is 1.66. The van der Waals surface area contributed by atoms with Crippen LogP contribution < -0.4 is 0 Å². The predicted octanol–water partition coefficient (Wildman–Crippen LogP) is 1.89. The third-order valence-electron chi connectivity index (χ3n) is 4.31. The Bertz CT molecular complexity index is 351. The van der Waals surface area contributed by atoms with Gasteiger partial charge in [0.1, 0.15) is 0 Å². The number of likely N-dealkylation sites (tertiary alicyclic amines) is 1. The molecular weight excluding hydrogens is 198 g/mol. The second kappa shape index (κ2) is 4.19. The van der Waals surface area contributed by atoms with Crippen molar-refractivity contribution in [3.05, 3.63) is 35.9 Å². The van der Waals surface area contributed by atoms with Crippen LogP contribution in [0.1, 0.15) is 18.4 Å². The molecule has 86 valence electrons. The smallest absolute Gasteiger partial charge is 0.0477 e. The molecule has 2 heteroatoms. The minimum absolute atomic E-state index is 0.376. The lowest BCUT2D eigenvalue weighted by Crippen LogP contribution is -2.33. The van der Waals surface area contributed by atoms with Crippen LogP contribution in [-0.4, -0.2) is 29.2 Å². The highest BCUT2D eigenvalue weighted by Crippen LogP contribution is 2.42. The molecule has 3 rings (SSSR count). The number of hydrogen-bond donors (Lipinski definition) is 1. The molecule has 0 aromatic heterocycles. The molecule has 1 aliphatic heterocycles. The van der Waals surface area contributed by atoms with Gasteiger partial charge in [0, 0.05) is 31.7 Å². The van der Waals surface area contributed by atoms with Gasteiger partial charge in [0.15, 0.2) is 0 Å². The van der Waals surface area contributed by atoms with E-state index in [-0.39, 0.29) is 0 Å². The lowest BCUT2D eigenvalue weighted by atomic mass is 10.00. The summed E-state index contributed by atoms with van der Waals surface area (Å²) in [6.45, 7) is 2.61. The Morgan fingerprint density at radius 3 is 2.69 bits per heavy atom. The third-order valence-corrected chi connectivity index (χ3v) is 4.31. The summed E-state index contributed by atoms with van der Waals surface area (Å²) in [7, 11) is 0. The molecule has 2 aliphatic rings. The Labute approximate surface area is 96.9 Å². The molecule has 1 saturated carbocycles. The number of rotatable bonds is 3. The van der Waals surface area contributed by atoms with E-state index in [1.165, 1.54) is 24.9 Å². The fourth-order valence-corrected chi connectivity index (χ4v) is 3.51. The second-order valence-electron chi connectivity index (χ2n) is 5.17. The Kier molecular flexibility index (Phi) is 2.70. The Morgan fingerprint density at radius 1 is 1.19 bits per heavy atom. The topological polar surface area (TPSA) is 23.5 Å². The Balaban J connectivity index is 1.70. The summed E-state index contributed by atoms with van der Waals surface area (Å²) in [5.41, 5.74) is 1.40. The number of benzene rings is 1. The summed E-state index contributed by atoms with van der Waals surface area (Å²) >= 11 is 0. The molecule has 3 atom stereocenters. The van der Waals surface area contributed by atoms with Crippen molar-refractivity contribution in [1.82, 2.24) is 4.90 Å². The van der Waals surface area contributed by atoms with Crippen LogP contribution >= 0.6 is 0 Å². The van der Waals surface area contributed by atoms with Gasteiger partial charge in [-0.1, -0.05) is 30.3 Å². The van der Waals surface area contributed by atoms with Crippen LogP contribution in [0.4, 0.5) is 0 Å². The molecule has 2 bridgehead atoms. The predicted molar refractivity (Wildman–Crippen MR) is 63.9 cm³/mol. The number of nitrogens with zero attached hydrogens (tertiary/aromatic N) is 1. The van der Waals surface area contributed by atoms with Gasteiger partial charge < -0.3 is 5.11 Å². The molecule has 1 N–H and O–H groups in total. The molecule has 16 heavy (non-hydrogen) atoms. The van der Waals surface area contributed by atoms with E-state index in [9.17, 15) is 5.11 Å². The van der Waals surface area contributed by atoms with Crippen LogP contribution in [0.3, 0.4) is 0 Å². The molecule has 0 radical (unpaired) electrons. The quantitative estimate of drug-likeness (QED) is 0.835. The van der Waals surface area contributed by atoms with E-state index >= 15 is 0 Å². The summed E-state index contributed by atoms with van der Waals surface area (Å²) in [6.07, 6.45) is 2.60. The van der Waals surface area contributed by atoms with Crippen LogP contribution in [0.5, 0.6) is 0 Å². The van der Waals surface area contributed by atoms with Crippen molar-refractivity contribution in [2.45, 2.75) is 25.4 Å². The lowest BCUT2D eigenvalue weighted by molar-refractivity contribution is 0.168. The molecule has 1 aromatic rings. The summed E-state index contributed by atoms with van der Waals surface area (Å²) < 4.78 is 0. The van der Waals surface area contributed by atoms with Gasteiger partial charge in [0.2, 0.25) is 0 Å². The van der Waals surface area contributed by atoms with Crippen LogP contribution in [0.2, 0.25) is 0 Å². The first kappa shape index (κ1) is 10.3. The van der Waals surface area contributed by atoms with Crippen molar-refractivity contribution in [2.24, 2.45) is 11.8 Å². The molecule has 1 unspecified atom stereocenters. The van der Waals surface area contributed by atoms with E-state index in [0.717, 1.165) is 12.5 Å². The maximum absolute atomic E-state index is 9.40. The van der Waals surface area contributed by atoms with E-state index in [0.29, 0.717) is 18.6 Å². The molecular formula is C14H19NO. The maximum Gasteiger partial charge on any atom is 0.0477 e. The first-order chi connectivity index (χ1) is 7.88. The van der Waals surface area contributed by atoms with E-state index in [1.54, 1.807) is 0 Å². The number of aliphatic hydroxyl groups is 1. The number of fused-ring (bicyclic) bond motifs is 2. The Hall–Kier alpha value is -0.860. The summed E-state index contributed by atoms with van der Waals surface area (Å²) in [4.78, 5) is 2.56. The maximum atomic E-state index is 9.40. The monoisotopic (exact) mass is 217 g/mol. The van der Waals surface area contributed by atoms with E-state index in [1.807, 2.05) is 0 Å². The highest BCUT2D eigenvalue weighted by molar-refractivity contribution is 5.15. The molecule has 1 heterocycles. The van der Waals surface area contributed by atoms with Gasteiger partial charge in [-0.3, -0.25) is 4.90 Å². The SMILES string of the molecule is OCC1[C@H]2CC[C@@H]1N(Cc1ccccc1)C2. The van der Waals surface area contributed by atoms with Gasteiger partial charge in [-0.2, -0.15) is 0 Å². The van der Waals surface area contributed by atoms with E-state index < -0.39 is 0 Å². The fraction of sp³-hybridized carbons (Fsp3) is 0.571. The minimum atomic E-state index is 0.376. The first-order valence-electron chi connectivity index (χ1n) is 6.27. The van der Waals surface area contributed by atoms with Crippen LogP contribution in [0, 0.1) is 11.8 Å². The van der Waals surface area contributed by atoms with Gasteiger partial charge >= 0.3 is 0 Å². The number of hydrogen-bond acceptors (Lipinski definition) is 2. The van der Waals surface area contributed by atoms with Crippen molar-refractivity contribution < 1.29 is 5.11 Å².